The third kappa shape index (κ3) is 2.69. The van der Waals surface area contributed by atoms with Gasteiger partial charge in [0.25, 0.3) is 5.91 Å². The molecule has 12 heteroatoms. The average molecular weight is 336 g/mol. The first kappa shape index (κ1) is 16.3. The minimum absolute atomic E-state index is 0.811. The molecule has 1 N–H and O–H groups in total. The third-order valence-electron chi connectivity index (χ3n) is 2.67. The van der Waals surface area contributed by atoms with Gasteiger partial charge in [0.05, 0.1) is 4.92 Å². The van der Waals surface area contributed by atoms with Gasteiger partial charge >= 0.3 is 5.69 Å². The van der Waals surface area contributed by atoms with Gasteiger partial charge < -0.3 is 5.32 Å². The Morgan fingerprint density at radius 3 is 2.09 bits per heavy atom. The lowest BCUT2D eigenvalue weighted by atomic mass is 10.2. The molecule has 1 heterocycles. The number of amides is 1. The molecular weight excluding hydrogens is 331 g/mol. The highest BCUT2D eigenvalue weighted by Crippen LogP contribution is 2.28. The van der Waals surface area contributed by atoms with E-state index in [4.69, 9.17) is 0 Å². The number of carbonyl (C=O) groups is 1. The van der Waals surface area contributed by atoms with Crippen molar-refractivity contribution in [2.75, 3.05) is 5.32 Å². The Morgan fingerprint density at radius 2 is 1.61 bits per heavy atom. The molecule has 0 aliphatic rings. The van der Waals surface area contributed by atoms with Crippen LogP contribution in [0.5, 0.6) is 0 Å². The van der Waals surface area contributed by atoms with E-state index in [9.17, 15) is 36.9 Å². The van der Waals surface area contributed by atoms with Crippen molar-refractivity contribution in [3.8, 4) is 0 Å². The fourth-order valence-corrected chi connectivity index (χ4v) is 1.66. The number of anilines is 1. The second-order valence-electron chi connectivity index (χ2n) is 4.19. The Kier molecular flexibility index (Phi) is 3.99. The van der Waals surface area contributed by atoms with Gasteiger partial charge in [0.2, 0.25) is 11.5 Å². The highest BCUT2D eigenvalue weighted by molar-refractivity contribution is 6.05. The van der Waals surface area contributed by atoms with E-state index >= 15 is 0 Å². The molecule has 1 aromatic heterocycles. The van der Waals surface area contributed by atoms with Crippen molar-refractivity contribution < 1.29 is 31.7 Å². The molecule has 0 unspecified atom stereocenters. The molecule has 0 saturated heterocycles. The summed E-state index contributed by atoms with van der Waals surface area (Å²) in [4.78, 5) is 21.5. The SMILES string of the molecule is Cn1cc([N+](=O)[O-])c(C(=O)Nc2c(F)c(F)c(F)c(F)c2F)n1. The first-order chi connectivity index (χ1) is 10.6. The number of rotatable bonds is 3. The lowest BCUT2D eigenvalue weighted by molar-refractivity contribution is -0.385. The van der Waals surface area contributed by atoms with Crippen LogP contribution >= 0.6 is 0 Å². The van der Waals surface area contributed by atoms with Gasteiger partial charge in [0.1, 0.15) is 11.9 Å². The molecule has 1 amide bonds. The Labute approximate surface area is 123 Å². The average Bonchev–Trinajstić information content (AvgIpc) is 2.90. The van der Waals surface area contributed by atoms with Gasteiger partial charge in [-0.15, -0.1) is 0 Å². The van der Waals surface area contributed by atoms with Crippen molar-refractivity contribution >= 4 is 17.3 Å². The number of hydrogen-bond acceptors (Lipinski definition) is 4. The number of halogens is 5. The number of benzene rings is 1. The van der Waals surface area contributed by atoms with E-state index in [1.165, 1.54) is 12.4 Å². The fraction of sp³-hybridized carbons (Fsp3) is 0.0909. The largest absolute Gasteiger partial charge is 0.320 e. The van der Waals surface area contributed by atoms with E-state index in [1.807, 2.05) is 0 Å². The number of nitrogens with one attached hydrogen (secondary N) is 1. The Balaban J connectivity index is 2.49. The van der Waals surface area contributed by atoms with Crippen molar-refractivity contribution in [2.45, 2.75) is 0 Å². The lowest BCUT2D eigenvalue weighted by Gasteiger charge is -2.08. The number of nitro groups is 1. The normalized spacial score (nSPS) is 10.7. The Morgan fingerprint density at radius 1 is 1.13 bits per heavy atom. The summed E-state index contributed by atoms with van der Waals surface area (Å²) in [5, 5.41) is 15.5. The number of aryl methyl sites for hydroxylation is 1. The number of hydrogen-bond donors (Lipinski definition) is 1. The Hall–Kier alpha value is -3.05. The number of nitrogens with zero attached hydrogens (tertiary/aromatic N) is 3. The standard InChI is InChI=1S/C11H5F5N4O3/c1-19-2-3(20(22)23)9(18-19)11(21)17-10-7(15)5(13)4(12)6(14)8(10)16/h2H,1H3,(H,17,21). The molecule has 1 aromatic carbocycles. The molecule has 0 fully saturated rings. The monoisotopic (exact) mass is 336 g/mol. The molecule has 0 atom stereocenters. The van der Waals surface area contributed by atoms with Crippen molar-refractivity contribution in [1.82, 2.24) is 9.78 Å². The van der Waals surface area contributed by atoms with Gasteiger partial charge in [-0.3, -0.25) is 19.6 Å². The van der Waals surface area contributed by atoms with Crippen molar-refractivity contribution in [2.24, 2.45) is 7.05 Å². The van der Waals surface area contributed by atoms with Gasteiger partial charge in [-0.25, -0.2) is 22.0 Å². The molecule has 7 nitrogen and oxygen atoms in total. The van der Waals surface area contributed by atoms with Crippen molar-refractivity contribution in [1.29, 1.82) is 0 Å². The van der Waals surface area contributed by atoms with Crippen LogP contribution in [0.15, 0.2) is 6.20 Å². The summed E-state index contributed by atoms with van der Waals surface area (Å²) in [6.07, 6.45) is 0.827. The van der Waals surface area contributed by atoms with Gasteiger partial charge in [0, 0.05) is 7.05 Å². The second-order valence-corrected chi connectivity index (χ2v) is 4.19. The van der Waals surface area contributed by atoms with E-state index in [0.29, 0.717) is 0 Å². The summed E-state index contributed by atoms with van der Waals surface area (Å²) < 4.78 is 66.7. The van der Waals surface area contributed by atoms with Crippen LogP contribution in [0.3, 0.4) is 0 Å². The van der Waals surface area contributed by atoms with Crippen LogP contribution in [0.1, 0.15) is 10.5 Å². The van der Waals surface area contributed by atoms with Crippen molar-refractivity contribution in [3.63, 3.8) is 0 Å². The summed E-state index contributed by atoms with van der Waals surface area (Å²) in [5.74, 6) is -13.0. The highest BCUT2D eigenvalue weighted by atomic mass is 19.2. The third-order valence-corrected chi connectivity index (χ3v) is 2.67. The van der Waals surface area contributed by atoms with Gasteiger partial charge in [0.15, 0.2) is 23.3 Å². The van der Waals surface area contributed by atoms with E-state index in [-0.39, 0.29) is 0 Å². The minimum Gasteiger partial charge on any atom is -0.315 e. The van der Waals surface area contributed by atoms with Crippen LogP contribution in [0.2, 0.25) is 0 Å². The van der Waals surface area contributed by atoms with E-state index in [2.05, 4.69) is 5.10 Å². The zero-order valence-electron chi connectivity index (χ0n) is 11.0. The summed E-state index contributed by atoms with van der Waals surface area (Å²) in [7, 11) is 1.22. The number of carbonyl (C=O) groups excluding carboxylic acids is 1. The molecular formula is C11H5F5N4O3. The van der Waals surface area contributed by atoms with Gasteiger partial charge in [-0.1, -0.05) is 0 Å². The van der Waals surface area contributed by atoms with Crippen LogP contribution in [-0.2, 0) is 7.05 Å². The summed E-state index contributed by atoms with van der Waals surface area (Å²) in [5.41, 5.74) is -3.30. The Bertz CT molecular complexity index is 807. The molecule has 0 aliphatic carbocycles. The zero-order chi connectivity index (χ0) is 17.5. The topological polar surface area (TPSA) is 90.1 Å². The zero-order valence-corrected chi connectivity index (χ0v) is 11.0. The first-order valence-electron chi connectivity index (χ1n) is 5.66. The molecule has 0 saturated carbocycles. The van der Waals surface area contributed by atoms with Crippen LogP contribution in [0.4, 0.5) is 33.3 Å². The summed E-state index contributed by atoms with van der Waals surface area (Å²) in [6, 6.07) is 0. The lowest BCUT2D eigenvalue weighted by Crippen LogP contribution is -2.18. The van der Waals surface area contributed by atoms with Crippen molar-refractivity contribution in [3.05, 3.63) is 51.1 Å². The molecule has 2 rings (SSSR count). The second kappa shape index (κ2) is 5.62. The fourth-order valence-electron chi connectivity index (χ4n) is 1.66. The van der Waals surface area contributed by atoms with Crippen LogP contribution < -0.4 is 5.32 Å². The highest BCUT2D eigenvalue weighted by Gasteiger charge is 2.30. The smallest absolute Gasteiger partial charge is 0.315 e. The van der Waals surface area contributed by atoms with E-state index in [1.54, 1.807) is 0 Å². The predicted octanol–water partition coefficient (Wildman–Crippen LogP) is 2.28. The molecule has 23 heavy (non-hydrogen) atoms. The molecule has 0 aliphatic heterocycles. The molecule has 122 valence electrons. The summed E-state index contributed by atoms with van der Waals surface area (Å²) >= 11 is 0. The number of aromatic nitrogens is 2. The van der Waals surface area contributed by atoms with Gasteiger partial charge in [-0.2, -0.15) is 5.10 Å². The quantitative estimate of drug-likeness (QED) is 0.306. The molecule has 0 spiro atoms. The van der Waals surface area contributed by atoms with Gasteiger partial charge in [-0.05, 0) is 0 Å². The van der Waals surface area contributed by atoms with Crippen LogP contribution in [-0.4, -0.2) is 20.6 Å². The van der Waals surface area contributed by atoms with Crippen LogP contribution in [0.25, 0.3) is 0 Å². The minimum atomic E-state index is -2.40. The predicted molar refractivity (Wildman–Crippen MR) is 64.0 cm³/mol. The maximum atomic E-state index is 13.4. The van der Waals surface area contributed by atoms with E-state index < -0.39 is 57.0 Å². The van der Waals surface area contributed by atoms with E-state index in [0.717, 1.165) is 10.9 Å². The molecule has 2 aromatic rings. The first-order valence-corrected chi connectivity index (χ1v) is 5.66. The van der Waals surface area contributed by atoms with Crippen LogP contribution in [0, 0.1) is 39.2 Å². The molecule has 0 radical (unpaired) electrons. The molecule has 0 bridgehead atoms. The maximum absolute atomic E-state index is 13.4. The summed E-state index contributed by atoms with van der Waals surface area (Å²) in [6.45, 7) is 0. The maximum Gasteiger partial charge on any atom is 0.320 e.